The molecule has 414 valence electrons. The van der Waals surface area contributed by atoms with Crippen LogP contribution in [0.25, 0.3) is 0 Å². The van der Waals surface area contributed by atoms with Crippen LogP contribution in [0.5, 0.6) is 17.2 Å². The fourth-order valence-corrected chi connectivity index (χ4v) is 10.2. The Labute approximate surface area is 452 Å². The molecule has 0 heterocycles. The average molecular weight is 1120 g/mol. The van der Waals surface area contributed by atoms with Crippen LogP contribution in [0.1, 0.15) is 88.3 Å². The Kier molecular flexibility index (Phi) is 28.6. The van der Waals surface area contributed by atoms with Crippen molar-refractivity contribution in [3.63, 3.8) is 0 Å². The summed E-state index contributed by atoms with van der Waals surface area (Å²) in [6.45, 7) is 7.33. The predicted molar refractivity (Wildman–Crippen MR) is 296 cm³/mol. The van der Waals surface area contributed by atoms with Gasteiger partial charge in [0.1, 0.15) is 5.75 Å². The van der Waals surface area contributed by atoms with Gasteiger partial charge >= 0.3 is 14.1 Å². The van der Waals surface area contributed by atoms with Crippen molar-refractivity contribution in [2.45, 2.75) is 127 Å². The number of hydrogen-bond acceptors (Lipinski definition) is 18. The van der Waals surface area contributed by atoms with Crippen molar-refractivity contribution in [2.24, 2.45) is 28.0 Å². The molecule has 2 aliphatic carbocycles. The highest BCUT2D eigenvalue weighted by Crippen LogP contribution is 2.39. The van der Waals surface area contributed by atoms with E-state index >= 15 is 0 Å². The Morgan fingerprint density at radius 2 is 1.25 bits per heavy atom. The molecule has 23 heteroatoms. The number of ether oxygens (including phenoxy) is 3. The molecule has 2 aliphatic rings. The van der Waals surface area contributed by atoms with Gasteiger partial charge in [-0.3, -0.25) is 13.8 Å². The van der Waals surface area contributed by atoms with Crippen LogP contribution in [0.15, 0.2) is 95.8 Å². The maximum absolute atomic E-state index is 11.4. The van der Waals surface area contributed by atoms with E-state index in [0.29, 0.717) is 36.8 Å². The van der Waals surface area contributed by atoms with Crippen LogP contribution in [0.4, 0.5) is 0 Å². The van der Waals surface area contributed by atoms with Crippen molar-refractivity contribution in [1.82, 2.24) is 14.9 Å². The number of aliphatic hydroxyl groups excluding tert-OH is 8. The highest BCUT2D eigenvalue weighted by Gasteiger charge is 2.51. The number of nitrogens with one attached hydrogen (secondary N) is 1. The van der Waals surface area contributed by atoms with Gasteiger partial charge in [0, 0.05) is 43.7 Å². The van der Waals surface area contributed by atoms with Crippen molar-refractivity contribution in [2.75, 3.05) is 40.5 Å². The molecule has 19 nitrogen and oxygen atoms in total. The molecule has 2 fully saturated rings. The van der Waals surface area contributed by atoms with Crippen molar-refractivity contribution >= 4 is 56.1 Å². The zero-order valence-corrected chi connectivity index (χ0v) is 46.6. The quantitative estimate of drug-likeness (QED) is 0.0105. The van der Waals surface area contributed by atoms with Gasteiger partial charge in [-0.15, -0.1) is 10.2 Å². The summed E-state index contributed by atoms with van der Waals surface area (Å²) in [5.41, 5.74) is 2.88. The number of hydrazone groups is 2. The third-order valence-electron chi connectivity index (χ3n) is 12.8. The first-order valence-electron chi connectivity index (χ1n) is 25.3. The van der Waals surface area contributed by atoms with Gasteiger partial charge in [-0.25, -0.2) is 0 Å². The minimum Gasteiger partial charge on any atom is -0.466 e. The summed E-state index contributed by atoms with van der Waals surface area (Å²) in [6.07, 6.45) is 2.45. The smallest absolute Gasteiger partial charge is 0.466 e. The van der Waals surface area contributed by atoms with E-state index in [4.69, 9.17) is 46.9 Å². The Morgan fingerprint density at radius 3 is 1.79 bits per heavy atom. The van der Waals surface area contributed by atoms with Crippen molar-refractivity contribution in [1.29, 1.82) is 0 Å². The minimum absolute atomic E-state index is 0.0442. The number of amides is 1. The number of benzene rings is 3. The fourth-order valence-electron chi connectivity index (χ4n) is 8.30. The van der Waals surface area contributed by atoms with E-state index in [1.54, 1.807) is 36.1 Å². The zero-order chi connectivity index (χ0) is 54.9. The van der Waals surface area contributed by atoms with Crippen molar-refractivity contribution in [3.05, 3.63) is 102 Å². The summed E-state index contributed by atoms with van der Waals surface area (Å²) in [6, 6.07) is 22.6. The van der Waals surface area contributed by atoms with Crippen LogP contribution >= 0.6 is 14.1 Å². The van der Waals surface area contributed by atoms with Gasteiger partial charge < -0.3 is 60.4 Å². The predicted octanol–water partition coefficient (Wildman–Crippen LogP) is 5.40. The number of aliphatic hydroxyl groups is 8. The Balaban J connectivity index is 0.000000334. The molecule has 0 aromatic heterocycles. The first kappa shape index (κ1) is 63.4. The van der Waals surface area contributed by atoms with Gasteiger partial charge in [-0.2, -0.15) is 0 Å². The maximum atomic E-state index is 11.4. The number of nitrogens with zero attached hydrogens (tertiary/aromatic N) is 4. The molecule has 0 spiro atoms. The number of unbranched alkanes of at least 4 members (excludes halogenated alkanes) is 5. The van der Waals surface area contributed by atoms with Crippen LogP contribution in [0, 0.1) is 17.8 Å². The molecule has 13 atom stereocenters. The van der Waals surface area contributed by atoms with Gasteiger partial charge in [0.2, 0.25) is 29.5 Å². The summed E-state index contributed by atoms with van der Waals surface area (Å²) in [7, 11) is 0.757. The highest BCUT2D eigenvalue weighted by molar-refractivity contribution is 8.02. The van der Waals surface area contributed by atoms with E-state index in [0.717, 1.165) is 55.2 Å². The molecule has 0 aliphatic heterocycles. The van der Waals surface area contributed by atoms with Crippen LogP contribution in [-0.2, 0) is 44.3 Å². The van der Waals surface area contributed by atoms with E-state index in [1.165, 1.54) is 12.7 Å². The van der Waals surface area contributed by atoms with Gasteiger partial charge in [0.05, 0.1) is 88.7 Å². The van der Waals surface area contributed by atoms with Crippen LogP contribution in [0.3, 0.4) is 0 Å². The molecule has 9 N–H and O–H groups in total. The van der Waals surface area contributed by atoms with Gasteiger partial charge in [-0.05, 0) is 96.6 Å². The minimum atomic E-state index is -1.40. The molecule has 75 heavy (non-hydrogen) atoms. The summed E-state index contributed by atoms with van der Waals surface area (Å²) >= 11 is 11.0. The van der Waals surface area contributed by atoms with E-state index < -0.39 is 94.1 Å². The maximum Gasteiger partial charge on any atom is 0.540 e. The molecule has 3 aromatic carbocycles. The topological polar surface area (TPSA) is 268 Å². The Morgan fingerprint density at radius 1 is 0.747 bits per heavy atom. The SMILES string of the molecule is C=COc1ccc(/C=N/N(C)[P+](=S)Oc2ccc(/C=N/N(C)[P+](=S)Oc3ccc(CCNC(=O)CC)cc3)cc2)cc1.CCCCCCCCOC(O)C1CC(O)C(O)C(CO)C1OC1CC(O)C(O)C(CO)C1O. The summed E-state index contributed by atoms with van der Waals surface area (Å²) in [5.74, 6) is -0.727. The molecule has 1 amide bonds. The standard InChI is InChI=1S/C29H32N5O4P2S2.C23H44O10/c1-5-29(35)30-20-19-23-7-15-27(16-8-23)37-39(41)34(4)32-22-25-11-17-28(18-12-25)38-40(42)33(3)31-21-24-9-13-26(14-10-24)36-6-2;1-2-3-4-5-6-7-8-32-23(31)13-9-16(26)20(29)15(12-25)22(13)33-18-10-17(27)19(28)14(11-24)21(18)30/h6-18,21-22H,2,5,19-20H2,1,3-4H3;13-31H,2-12H2,1H3/q+1;/p+1/b31-21+,32-22+;. The molecule has 5 rings (SSSR count). The lowest BCUT2D eigenvalue weighted by Gasteiger charge is -2.48. The fraction of sp³-hybridized carbons (Fsp3) is 0.558. The van der Waals surface area contributed by atoms with Crippen LogP contribution in [-0.4, -0.2) is 158 Å². The van der Waals surface area contributed by atoms with Crippen LogP contribution < -0.4 is 19.1 Å². The first-order chi connectivity index (χ1) is 36.0. The second kappa shape index (κ2) is 33.9. The summed E-state index contributed by atoms with van der Waals surface area (Å²) in [4.78, 5) is 11.4. The number of carbonyl (C=O) groups excluding carboxylic acids is 1. The molecule has 13 unspecified atom stereocenters. The third kappa shape index (κ3) is 21.0. The summed E-state index contributed by atoms with van der Waals surface area (Å²) < 4.78 is 31.9. The molecule has 0 bridgehead atoms. The largest absolute Gasteiger partial charge is 0.540 e. The number of hydrogen-bond donors (Lipinski definition) is 9. The van der Waals surface area contributed by atoms with Gasteiger partial charge in [-0.1, -0.05) is 74.2 Å². The monoisotopic (exact) mass is 1120 g/mol. The lowest BCUT2D eigenvalue weighted by atomic mass is 9.74. The summed E-state index contributed by atoms with van der Waals surface area (Å²) in [5, 5.41) is 93.3. The van der Waals surface area contributed by atoms with Gasteiger partial charge in [0.25, 0.3) is 0 Å². The van der Waals surface area contributed by atoms with E-state index in [9.17, 15) is 45.6 Å². The van der Waals surface area contributed by atoms with E-state index in [2.05, 4.69) is 29.0 Å². The molecule has 3 aromatic rings. The molecule has 0 saturated heterocycles. The van der Waals surface area contributed by atoms with Crippen molar-refractivity contribution < 1.29 is 68.9 Å². The lowest BCUT2D eigenvalue weighted by Crippen LogP contribution is -2.60. The van der Waals surface area contributed by atoms with E-state index in [-0.39, 0.29) is 18.7 Å². The zero-order valence-electron chi connectivity index (χ0n) is 43.1. The molecule has 2 saturated carbocycles. The number of carbonyl (C=O) groups is 1. The van der Waals surface area contributed by atoms with Crippen LogP contribution in [0.2, 0.25) is 0 Å². The second-order valence-electron chi connectivity index (χ2n) is 18.2. The average Bonchev–Trinajstić information content (AvgIpc) is 3.41. The van der Waals surface area contributed by atoms with E-state index in [1.807, 2.05) is 79.7 Å². The van der Waals surface area contributed by atoms with Gasteiger partial charge in [0.15, 0.2) is 17.8 Å². The normalized spacial score (nSPS) is 24.4. The second-order valence-corrected chi connectivity index (χ2v) is 22.6. The molecular weight excluding hydrogens is 1040 g/mol. The van der Waals surface area contributed by atoms with Crippen molar-refractivity contribution in [3.8, 4) is 17.2 Å². The molecule has 0 radical (unpaired) electrons. The molecular formula is C52H77N5O14P2S2+2. The Hall–Kier alpha value is -4.15. The lowest BCUT2D eigenvalue weighted by molar-refractivity contribution is -0.256. The first-order valence-corrected chi connectivity index (χ1v) is 29.7. The highest BCUT2D eigenvalue weighted by atomic mass is 32.4. The Bertz CT molecular complexity index is 2240. The third-order valence-corrected chi connectivity index (χ3v) is 16.5. The number of rotatable bonds is 29.